The van der Waals surface area contributed by atoms with E-state index >= 15 is 0 Å². The molecule has 0 radical (unpaired) electrons. The van der Waals surface area contributed by atoms with Crippen molar-refractivity contribution in [2.45, 2.75) is 6.92 Å². The van der Waals surface area contributed by atoms with Crippen LogP contribution in [0, 0.1) is 6.92 Å². The van der Waals surface area contributed by atoms with Crippen LogP contribution in [0.25, 0.3) is 10.6 Å². The Balaban J connectivity index is 2.56. The van der Waals surface area contributed by atoms with E-state index in [1.54, 1.807) is 32.7 Å². The van der Waals surface area contributed by atoms with E-state index in [4.69, 9.17) is 14.2 Å². The summed E-state index contributed by atoms with van der Waals surface area (Å²) in [5, 5.41) is 2.95. The summed E-state index contributed by atoms with van der Waals surface area (Å²) in [5.74, 6) is 1.87. The molecule has 0 aliphatic rings. The fourth-order valence-electron chi connectivity index (χ4n) is 1.69. The normalized spacial score (nSPS) is 10.2. The first-order valence-electron chi connectivity index (χ1n) is 5.42. The van der Waals surface area contributed by atoms with Gasteiger partial charge in [-0.05, 0) is 19.1 Å². The van der Waals surface area contributed by atoms with Crippen molar-refractivity contribution in [2.24, 2.45) is 0 Å². The smallest absolute Gasteiger partial charge is 0.203 e. The zero-order valence-electron chi connectivity index (χ0n) is 10.8. The van der Waals surface area contributed by atoms with Crippen LogP contribution in [0.1, 0.15) is 5.69 Å². The van der Waals surface area contributed by atoms with Crippen LogP contribution < -0.4 is 14.2 Å². The lowest BCUT2D eigenvalue weighted by Gasteiger charge is -2.13. The van der Waals surface area contributed by atoms with Crippen LogP contribution in [0.5, 0.6) is 17.2 Å². The van der Waals surface area contributed by atoms with Crippen molar-refractivity contribution in [3.8, 4) is 27.8 Å². The van der Waals surface area contributed by atoms with Crippen LogP contribution in [0.2, 0.25) is 0 Å². The number of methoxy groups -OCH3 is 3. The summed E-state index contributed by atoms with van der Waals surface area (Å²) >= 11 is 1.59. The highest BCUT2D eigenvalue weighted by Crippen LogP contribution is 2.41. The monoisotopic (exact) mass is 265 g/mol. The molecule has 2 rings (SSSR count). The molecular formula is C13H15NO3S. The Bertz CT molecular complexity index is 526. The fourth-order valence-corrected chi connectivity index (χ4v) is 2.48. The van der Waals surface area contributed by atoms with Gasteiger partial charge in [0.05, 0.1) is 21.3 Å². The summed E-state index contributed by atoms with van der Waals surface area (Å²) in [7, 11) is 4.80. The molecule has 0 bridgehead atoms. The number of ether oxygens (including phenoxy) is 3. The van der Waals surface area contributed by atoms with Gasteiger partial charge in [-0.3, -0.25) is 0 Å². The maximum absolute atomic E-state index is 5.32. The Morgan fingerprint density at radius 1 is 1.00 bits per heavy atom. The molecule has 0 fully saturated rings. The van der Waals surface area contributed by atoms with Crippen LogP contribution in [-0.2, 0) is 0 Å². The molecule has 1 aromatic heterocycles. The van der Waals surface area contributed by atoms with Crippen molar-refractivity contribution in [1.82, 2.24) is 4.98 Å². The van der Waals surface area contributed by atoms with Crippen LogP contribution in [0.4, 0.5) is 0 Å². The Morgan fingerprint density at radius 2 is 1.61 bits per heavy atom. The quantitative estimate of drug-likeness (QED) is 0.851. The van der Waals surface area contributed by atoms with Crippen molar-refractivity contribution in [2.75, 3.05) is 21.3 Å². The van der Waals surface area contributed by atoms with E-state index in [1.165, 1.54) is 0 Å². The zero-order valence-corrected chi connectivity index (χ0v) is 11.6. The molecule has 0 unspecified atom stereocenters. The Kier molecular flexibility index (Phi) is 3.72. The summed E-state index contributed by atoms with van der Waals surface area (Å²) in [6.45, 7) is 1.97. The molecule has 0 N–H and O–H groups in total. The summed E-state index contributed by atoms with van der Waals surface area (Å²) in [4.78, 5) is 4.45. The van der Waals surface area contributed by atoms with E-state index in [9.17, 15) is 0 Å². The molecule has 18 heavy (non-hydrogen) atoms. The highest BCUT2D eigenvalue weighted by Gasteiger charge is 2.15. The van der Waals surface area contributed by atoms with E-state index in [0.717, 1.165) is 16.3 Å². The SMILES string of the molecule is COc1cc(-c2nc(C)cs2)cc(OC)c1OC. The predicted octanol–water partition coefficient (Wildman–Crippen LogP) is 3.14. The van der Waals surface area contributed by atoms with Gasteiger partial charge in [0.2, 0.25) is 5.75 Å². The van der Waals surface area contributed by atoms with Gasteiger partial charge < -0.3 is 14.2 Å². The molecule has 1 heterocycles. The largest absolute Gasteiger partial charge is 0.493 e. The molecule has 0 aliphatic heterocycles. The third kappa shape index (κ3) is 2.26. The summed E-state index contributed by atoms with van der Waals surface area (Å²) in [6.07, 6.45) is 0. The average Bonchev–Trinajstić information content (AvgIpc) is 2.83. The highest BCUT2D eigenvalue weighted by atomic mass is 32.1. The van der Waals surface area contributed by atoms with Crippen LogP contribution in [0.15, 0.2) is 17.5 Å². The average molecular weight is 265 g/mol. The standard InChI is InChI=1S/C13H15NO3S/c1-8-7-18-13(14-8)9-5-10(15-2)12(17-4)11(6-9)16-3/h5-7H,1-4H3. The summed E-state index contributed by atoms with van der Waals surface area (Å²) in [5.41, 5.74) is 1.96. The Labute approximate surface area is 110 Å². The van der Waals surface area contributed by atoms with Crippen molar-refractivity contribution in [1.29, 1.82) is 0 Å². The van der Waals surface area contributed by atoms with Gasteiger partial charge in [-0.25, -0.2) is 4.98 Å². The lowest BCUT2D eigenvalue weighted by molar-refractivity contribution is 0.324. The molecular weight excluding hydrogens is 250 g/mol. The second-order valence-electron chi connectivity index (χ2n) is 3.71. The number of rotatable bonds is 4. The lowest BCUT2D eigenvalue weighted by Crippen LogP contribution is -1.95. The number of hydrogen-bond donors (Lipinski definition) is 0. The third-order valence-corrected chi connectivity index (χ3v) is 3.54. The second-order valence-corrected chi connectivity index (χ2v) is 4.57. The van der Waals surface area contributed by atoms with Gasteiger partial charge in [-0.1, -0.05) is 0 Å². The van der Waals surface area contributed by atoms with Gasteiger partial charge in [0.15, 0.2) is 11.5 Å². The molecule has 0 saturated carbocycles. The number of thiazole rings is 1. The molecule has 0 aliphatic carbocycles. The molecule has 0 amide bonds. The number of aromatic nitrogens is 1. The molecule has 5 heteroatoms. The van der Waals surface area contributed by atoms with Gasteiger partial charge in [0.1, 0.15) is 5.01 Å². The van der Waals surface area contributed by atoms with Gasteiger partial charge in [0, 0.05) is 16.6 Å². The zero-order chi connectivity index (χ0) is 13.1. The van der Waals surface area contributed by atoms with E-state index in [1.807, 2.05) is 24.4 Å². The van der Waals surface area contributed by atoms with Gasteiger partial charge >= 0.3 is 0 Å². The number of aryl methyl sites for hydroxylation is 1. The molecule has 4 nitrogen and oxygen atoms in total. The Hall–Kier alpha value is -1.75. The van der Waals surface area contributed by atoms with E-state index < -0.39 is 0 Å². The van der Waals surface area contributed by atoms with Crippen LogP contribution in [-0.4, -0.2) is 26.3 Å². The van der Waals surface area contributed by atoms with Gasteiger partial charge in [-0.2, -0.15) is 0 Å². The first-order chi connectivity index (χ1) is 8.69. The molecule has 0 saturated heterocycles. The third-order valence-electron chi connectivity index (χ3n) is 2.53. The van der Waals surface area contributed by atoms with Gasteiger partial charge in [0.25, 0.3) is 0 Å². The minimum atomic E-state index is 0.594. The molecule has 1 aromatic carbocycles. The van der Waals surface area contributed by atoms with E-state index in [0.29, 0.717) is 17.2 Å². The minimum absolute atomic E-state index is 0.594. The molecule has 0 atom stereocenters. The van der Waals surface area contributed by atoms with Gasteiger partial charge in [-0.15, -0.1) is 11.3 Å². The minimum Gasteiger partial charge on any atom is -0.493 e. The first-order valence-corrected chi connectivity index (χ1v) is 6.30. The Morgan fingerprint density at radius 3 is 2.00 bits per heavy atom. The van der Waals surface area contributed by atoms with Crippen LogP contribution >= 0.6 is 11.3 Å². The number of hydrogen-bond acceptors (Lipinski definition) is 5. The van der Waals surface area contributed by atoms with E-state index in [2.05, 4.69) is 4.98 Å². The number of benzene rings is 1. The van der Waals surface area contributed by atoms with Crippen molar-refractivity contribution >= 4 is 11.3 Å². The topological polar surface area (TPSA) is 40.6 Å². The first kappa shape index (κ1) is 12.7. The number of nitrogens with zero attached hydrogens (tertiary/aromatic N) is 1. The molecule has 0 spiro atoms. The highest BCUT2D eigenvalue weighted by molar-refractivity contribution is 7.13. The predicted molar refractivity (Wildman–Crippen MR) is 71.9 cm³/mol. The van der Waals surface area contributed by atoms with Crippen molar-refractivity contribution < 1.29 is 14.2 Å². The lowest BCUT2D eigenvalue weighted by atomic mass is 10.2. The van der Waals surface area contributed by atoms with E-state index in [-0.39, 0.29) is 0 Å². The van der Waals surface area contributed by atoms with Crippen molar-refractivity contribution in [3.63, 3.8) is 0 Å². The maximum Gasteiger partial charge on any atom is 0.203 e. The molecule has 96 valence electrons. The summed E-state index contributed by atoms with van der Waals surface area (Å²) in [6, 6.07) is 3.80. The van der Waals surface area contributed by atoms with Crippen LogP contribution in [0.3, 0.4) is 0 Å². The summed E-state index contributed by atoms with van der Waals surface area (Å²) < 4.78 is 15.9. The maximum atomic E-state index is 5.32. The fraction of sp³-hybridized carbons (Fsp3) is 0.308. The van der Waals surface area contributed by atoms with Crippen molar-refractivity contribution in [3.05, 3.63) is 23.2 Å². The second kappa shape index (κ2) is 5.27. The molecule has 2 aromatic rings.